The van der Waals surface area contributed by atoms with Crippen LogP contribution in [0.2, 0.25) is 0 Å². The molecule has 1 aromatic carbocycles. The Morgan fingerprint density at radius 3 is 2.86 bits per heavy atom. The first-order valence-corrected chi connectivity index (χ1v) is 8.94. The summed E-state index contributed by atoms with van der Waals surface area (Å²) in [5, 5.41) is 10.5. The predicted molar refractivity (Wildman–Crippen MR) is 120 cm³/mol. The van der Waals surface area contributed by atoms with E-state index in [4.69, 9.17) is 0 Å². The normalized spacial score (nSPS) is 12.6. The van der Waals surface area contributed by atoms with Gasteiger partial charge in [0.25, 0.3) is 0 Å². The first-order valence-electron chi connectivity index (χ1n) is 8.94. The molecule has 0 aliphatic carbocycles. The summed E-state index contributed by atoms with van der Waals surface area (Å²) in [6.45, 7) is 1.85. The highest BCUT2D eigenvalue weighted by atomic mass is 35.5. The summed E-state index contributed by atoms with van der Waals surface area (Å²) in [6.07, 6.45) is 11.6. The van der Waals surface area contributed by atoms with Crippen LogP contribution in [0.3, 0.4) is 0 Å². The lowest BCUT2D eigenvalue weighted by atomic mass is 10.0. The summed E-state index contributed by atoms with van der Waals surface area (Å²) in [5.74, 6) is -0.167. The molecule has 2 aromatic heterocycles. The summed E-state index contributed by atoms with van der Waals surface area (Å²) < 4.78 is 1.75. The van der Waals surface area contributed by atoms with Crippen LogP contribution in [0.25, 0.3) is 17.2 Å². The highest BCUT2D eigenvalue weighted by molar-refractivity contribution is 6.02. The molecule has 0 saturated heterocycles. The quantitative estimate of drug-likeness (QED) is 0.618. The van der Waals surface area contributed by atoms with Gasteiger partial charge in [-0.25, -0.2) is 0 Å². The number of pyridine rings is 1. The Morgan fingerprint density at radius 2 is 2.07 bits per heavy atom. The first kappa shape index (κ1) is 22.6. The van der Waals surface area contributed by atoms with Gasteiger partial charge in [-0.1, -0.05) is 6.07 Å². The molecule has 0 fully saturated rings. The molecule has 1 aliphatic heterocycles. The molecule has 1 amide bonds. The van der Waals surface area contributed by atoms with Gasteiger partial charge < -0.3 is 10.6 Å². The Labute approximate surface area is 182 Å². The second-order valence-electron chi connectivity index (χ2n) is 6.60. The zero-order valence-electron chi connectivity index (χ0n) is 16.0. The zero-order chi connectivity index (χ0) is 18.6. The van der Waals surface area contributed by atoms with Crippen LogP contribution >= 0.6 is 24.8 Å². The number of benzene rings is 1. The second kappa shape index (κ2) is 10.2. The maximum Gasteiger partial charge on any atom is 0.248 e. The van der Waals surface area contributed by atoms with Crippen LogP contribution in [0.1, 0.15) is 16.7 Å². The molecule has 3 heterocycles. The number of amides is 1. The molecular formula is C21H23Cl2N5O. The molecule has 0 bridgehead atoms. The Morgan fingerprint density at radius 1 is 1.21 bits per heavy atom. The van der Waals surface area contributed by atoms with E-state index in [0.29, 0.717) is 0 Å². The van der Waals surface area contributed by atoms with Crippen molar-refractivity contribution in [3.63, 3.8) is 0 Å². The molecule has 0 atom stereocenters. The molecule has 2 N–H and O–H groups in total. The van der Waals surface area contributed by atoms with E-state index in [2.05, 4.69) is 26.8 Å². The Bertz CT molecular complexity index is 1020. The fraction of sp³-hybridized carbons (Fsp3) is 0.190. The molecule has 0 spiro atoms. The molecule has 0 saturated carbocycles. The maximum absolute atomic E-state index is 12.4. The van der Waals surface area contributed by atoms with Crippen molar-refractivity contribution in [2.75, 3.05) is 11.9 Å². The van der Waals surface area contributed by atoms with E-state index < -0.39 is 0 Å². The van der Waals surface area contributed by atoms with Crippen LogP contribution in [-0.4, -0.2) is 27.2 Å². The number of rotatable bonds is 4. The van der Waals surface area contributed by atoms with Crippen molar-refractivity contribution in [1.29, 1.82) is 0 Å². The number of aryl methyl sites for hydroxylation is 1. The molecule has 29 heavy (non-hydrogen) atoms. The van der Waals surface area contributed by atoms with E-state index in [0.717, 1.165) is 41.9 Å². The zero-order valence-corrected chi connectivity index (χ0v) is 17.6. The van der Waals surface area contributed by atoms with Crippen molar-refractivity contribution < 1.29 is 4.79 Å². The van der Waals surface area contributed by atoms with E-state index in [-0.39, 0.29) is 30.7 Å². The maximum atomic E-state index is 12.4. The highest BCUT2D eigenvalue weighted by Gasteiger charge is 2.10. The number of hydrogen-bond acceptors (Lipinski definition) is 4. The third-order valence-corrected chi connectivity index (χ3v) is 4.64. The van der Waals surface area contributed by atoms with Gasteiger partial charge >= 0.3 is 0 Å². The molecule has 152 valence electrons. The van der Waals surface area contributed by atoms with Crippen LogP contribution in [0, 0.1) is 0 Å². The van der Waals surface area contributed by atoms with E-state index in [1.165, 1.54) is 17.2 Å². The second-order valence-corrected chi connectivity index (χ2v) is 6.60. The Kier molecular flexibility index (Phi) is 7.96. The van der Waals surface area contributed by atoms with Gasteiger partial charge in [0, 0.05) is 55.1 Å². The predicted octanol–water partition coefficient (Wildman–Crippen LogP) is 3.62. The van der Waals surface area contributed by atoms with Gasteiger partial charge in [-0.3, -0.25) is 14.5 Å². The Balaban J connectivity index is 0.00000150. The van der Waals surface area contributed by atoms with Gasteiger partial charge in [-0.05, 0) is 53.9 Å². The highest BCUT2D eigenvalue weighted by Crippen LogP contribution is 2.23. The number of anilines is 1. The third kappa shape index (κ3) is 5.44. The monoisotopic (exact) mass is 431 g/mol. The van der Waals surface area contributed by atoms with E-state index in [9.17, 15) is 4.79 Å². The largest absolute Gasteiger partial charge is 0.323 e. The average Bonchev–Trinajstić information content (AvgIpc) is 3.13. The smallest absolute Gasteiger partial charge is 0.248 e. The van der Waals surface area contributed by atoms with Crippen LogP contribution in [0.5, 0.6) is 0 Å². The van der Waals surface area contributed by atoms with Crippen LogP contribution < -0.4 is 10.6 Å². The standard InChI is InChI=1S/C21H21N5O.2ClH/c1-26-14-18(13-24-26)20-7-9-23-11-16(20)3-5-21(27)25-19-4-2-15-6-8-22-12-17(15)10-19;;/h2-5,7,9-11,13-14,22H,6,8,12H2,1H3,(H,25,27);2*1H/b5-3+;;. The molecule has 8 heteroatoms. The van der Waals surface area contributed by atoms with Crippen molar-refractivity contribution >= 4 is 42.5 Å². The summed E-state index contributed by atoms with van der Waals surface area (Å²) in [7, 11) is 1.88. The van der Waals surface area contributed by atoms with Crippen molar-refractivity contribution in [2.45, 2.75) is 13.0 Å². The molecule has 3 aromatic rings. The van der Waals surface area contributed by atoms with E-state index >= 15 is 0 Å². The lowest BCUT2D eigenvalue weighted by Crippen LogP contribution is -2.23. The fourth-order valence-corrected chi connectivity index (χ4v) is 3.27. The number of fused-ring (bicyclic) bond motifs is 1. The topological polar surface area (TPSA) is 71.8 Å². The third-order valence-electron chi connectivity index (χ3n) is 4.64. The summed E-state index contributed by atoms with van der Waals surface area (Å²) in [5.41, 5.74) is 6.25. The summed E-state index contributed by atoms with van der Waals surface area (Å²) in [6, 6.07) is 8.02. The van der Waals surface area contributed by atoms with Crippen molar-refractivity contribution in [3.8, 4) is 11.1 Å². The molecule has 0 radical (unpaired) electrons. The SMILES string of the molecule is Cl.Cl.Cn1cc(-c2ccncc2/C=C/C(=O)Nc2ccc3c(c2)CNCC3)cn1. The number of carbonyl (C=O) groups is 1. The minimum Gasteiger partial charge on any atom is -0.323 e. The van der Waals surface area contributed by atoms with Crippen molar-refractivity contribution in [1.82, 2.24) is 20.1 Å². The number of carbonyl (C=O) groups excluding carboxylic acids is 1. The lowest BCUT2D eigenvalue weighted by Gasteiger charge is -2.17. The van der Waals surface area contributed by atoms with Crippen LogP contribution in [0.15, 0.2) is 55.1 Å². The van der Waals surface area contributed by atoms with Gasteiger partial charge in [-0.2, -0.15) is 5.10 Å². The molecule has 6 nitrogen and oxygen atoms in total. The van der Waals surface area contributed by atoms with Crippen LogP contribution in [0.4, 0.5) is 5.69 Å². The molecule has 1 aliphatic rings. The molecule has 0 unspecified atom stereocenters. The summed E-state index contributed by atoms with van der Waals surface area (Å²) >= 11 is 0. The first-order chi connectivity index (χ1) is 13.2. The van der Waals surface area contributed by atoms with Crippen molar-refractivity contribution in [2.24, 2.45) is 7.05 Å². The minimum atomic E-state index is -0.167. The van der Waals surface area contributed by atoms with Crippen molar-refractivity contribution in [3.05, 3.63) is 71.8 Å². The summed E-state index contributed by atoms with van der Waals surface area (Å²) in [4.78, 5) is 16.5. The van der Waals surface area contributed by atoms with E-state index in [1.807, 2.05) is 31.4 Å². The van der Waals surface area contributed by atoms with E-state index in [1.54, 1.807) is 29.3 Å². The van der Waals surface area contributed by atoms with Gasteiger partial charge in [0.05, 0.1) is 6.20 Å². The fourth-order valence-electron chi connectivity index (χ4n) is 3.27. The number of hydrogen-bond donors (Lipinski definition) is 2. The van der Waals surface area contributed by atoms with Crippen LogP contribution in [-0.2, 0) is 24.8 Å². The number of nitrogens with one attached hydrogen (secondary N) is 2. The molecular weight excluding hydrogens is 409 g/mol. The minimum absolute atomic E-state index is 0. The number of aromatic nitrogens is 3. The number of halogens is 2. The van der Waals surface area contributed by atoms with Gasteiger partial charge in [-0.15, -0.1) is 24.8 Å². The average molecular weight is 432 g/mol. The lowest BCUT2D eigenvalue weighted by molar-refractivity contribution is -0.111. The number of nitrogens with zero attached hydrogens (tertiary/aromatic N) is 3. The van der Waals surface area contributed by atoms with Gasteiger partial charge in [0.15, 0.2) is 0 Å². The van der Waals surface area contributed by atoms with Gasteiger partial charge in [0.1, 0.15) is 0 Å². The molecule has 4 rings (SSSR count). The Hall–Kier alpha value is -2.67. The van der Waals surface area contributed by atoms with Gasteiger partial charge in [0.2, 0.25) is 5.91 Å².